The van der Waals surface area contributed by atoms with Gasteiger partial charge in [-0.05, 0) is 37.1 Å². The van der Waals surface area contributed by atoms with Gasteiger partial charge in [0.2, 0.25) is 5.89 Å². The normalized spacial score (nSPS) is 11.0. The van der Waals surface area contributed by atoms with Crippen LogP contribution in [0.2, 0.25) is 0 Å². The molecule has 0 aliphatic heterocycles. The van der Waals surface area contributed by atoms with E-state index >= 15 is 0 Å². The fraction of sp³-hybridized carbons (Fsp3) is 0.125. The molecule has 0 spiro atoms. The molecule has 0 aliphatic rings. The third kappa shape index (κ3) is 2.16. The molecular formula is C16H12FNO3. The van der Waals surface area contributed by atoms with Crippen LogP contribution >= 0.6 is 0 Å². The number of carboxylic acids is 1. The molecule has 0 amide bonds. The van der Waals surface area contributed by atoms with Crippen molar-refractivity contribution in [2.45, 2.75) is 13.8 Å². The largest absolute Gasteiger partial charge is 0.478 e. The molecule has 3 aromatic rings. The van der Waals surface area contributed by atoms with Gasteiger partial charge >= 0.3 is 5.97 Å². The van der Waals surface area contributed by atoms with Crippen molar-refractivity contribution >= 4 is 17.1 Å². The second-order valence-corrected chi connectivity index (χ2v) is 4.89. The van der Waals surface area contributed by atoms with E-state index in [0.29, 0.717) is 22.2 Å². The summed E-state index contributed by atoms with van der Waals surface area (Å²) in [6.45, 7) is 3.51. The maximum absolute atomic E-state index is 13.2. The predicted octanol–water partition coefficient (Wildman–Crippen LogP) is 3.95. The summed E-state index contributed by atoms with van der Waals surface area (Å²) in [5.74, 6) is -1.27. The first-order valence-corrected chi connectivity index (χ1v) is 6.37. The van der Waals surface area contributed by atoms with Crippen LogP contribution in [0.15, 0.2) is 34.7 Å². The molecule has 1 aromatic heterocycles. The van der Waals surface area contributed by atoms with Crippen LogP contribution in [0.25, 0.3) is 22.6 Å². The minimum atomic E-state index is -1.04. The third-order valence-electron chi connectivity index (χ3n) is 3.40. The Morgan fingerprint density at radius 1 is 1.19 bits per heavy atom. The molecule has 1 heterocycles. The van der Waals surface area contributed by atoms with Crippen molar-refractivity contribution in [2.75, 3.05) is 0 Å². The number of aromatic carboxylic acids is 1. The van der Waals surface area contributed by atoms with E-state index in [1.807, 2.05) is 6.07 Å². The van der Waals surface area contributed by atoms with Crippen molar-refractivity contribution in [1.82, 2.24) is 4.98 Å². The molecule has 0 atom stereocenters. The van der Waals surface area contributed by atoms with Crippen LogP contribution in [-0.2, 0) is 0 Å². The molecule has 0 fully saturated rings. The second-order valence-electron chi connectivity index (χ2n) is 4.89. The molecule has 106 valence electrons. The van der Waals surface area contributed by atoms with Crippen molar-refractivity contribution in [3.8, 4) is 11.5 Å². The van der Waals surface area contributed by atoms with Crippen LogP contribution in [-0.4, -0.2) is 16.1 Å². The molecular weight excluding hydrogens is 273 g/mol. The lowest BCUT2D eigenvalue weighted by atomic mass is 9.97. The molecule has 0 aliphatic carbocycles. The first kappa shape index (κ1) is 13.3. The number of carboxylic acid groups (broad SMARTS) is 1. The van der Waals surface area contributed by atoms with Crippen molar-refractivity contribution in [3.05, 3.63) is 52.8 Å². The number of carbonyl (C=O) groups is 1. The Hall–Kier alpha value is -2.69. The number of benzene rings is 2. The summed E-state index contributed by atoms with van der Waals surface area (Å²) < 4.78 is 18.8. The zero-order valence-corrected chi connectivity index (χ0v) is 11.5. The summed E-state index contributed by atoms with van der Waals surface area (Å²) in [5.41, 5.74) is 2.73. The highest BCUT2D eigenvalue weighted by Crippen LogP contribution is 2.31. The quantitative estimate of drug-likeness (QED) is 0.774. The van der Waals surface area contributed by atoms with Crippen molar-refractivity contribution in [2.24, 2.45) is 0 Å². The maximum Gasteiger partial charge on any atom is 0.336 e. The van der Waals surface area contributed by atoms with Gasteiger partial charge in [-0.1, -0.05) is 12.1 Å². The molecule has 4 nitrogen and oxygen atoms in total. The second kappa shape index (κ2) is 4.70. The number of aryl methyl sites for hydroxylation is 2. The van der Waals surface area contributed by atoms with E-state index in [2.05, 4.69) is 4.98 Å². The van der Waals surface area contributed by atoms with Gasteiger partial charge in [-0.25, -0.2) is 14.2 Å². The standard InChI is InChI=1S/C16H12FNO3/c1-8-3-4-9(2)14(16(19)20)13(8)15-18-11-7-10(17)5-6-12(11)21-15/h3-7H,1-2H3,(H,19,20). The monoisotopic (exact) mass is 285 g/mol. The van der Waals surface area contributed by atoms with Gasteiger partial charge < -0.3 is 9.52 Å². The van der Waals surface area contributed by atoms with Gasteiger partial charge in [0.05, 0.1) is 11.1 Å². The summed E-state index contributed by atoms with van der Waals surface area (Å²) in [5, 5.41) is 9.42. The number of hydrogen-bond donors (Lipinski definition) is 1. The Balaban J connectivity index is 2.32. The minimum absolute atomic E-state index is 0.155. The van der Waals surface area contributed by atoms with Crippen molar-refractivity contribution < 1.29 is 18.7 Å². The first-order chi connectivity index (χ1) is 9.97. The summed E-state index contributed by atoms with van der Waals surface area (Å²) in [6, 6.07) is 7.57. The van der Waals surface area contributed by atoms with Gasteiger partial charge in [0.1, 0.15) is 11.3 Å². The number of halogens is 1. The van der Waals surface area contributed by atoms with Crippen LogP contribution in [0, 0.1) is 19.7 Å². The zero-order valence-electron chi connectivity index (χ0n) is 11.5. The van der Waals surface area contributed by atoms with E-state index in [9.17, 15) is 14.3 Å². The van der Waals surface area contributed by atoms with Gasteiger partial charge in [-0.3, -0.25) is 0 Å². The lowest BCUT2D eigenvalue weighted by molar-refractivity contribution is 0.0696. The van der Waals surface area contributed by atoms with Crippen LogP contribution in [0.4, 0.5) is 4.39 Å². The Kier molecular flexibility index (Phi) is 2.97. The van der Waals surface area contributed by atoms with Gasteiger partial charge in [-0.2, -0.15) is 0 Å². The first-order valence-electron chi connectivity index (χ1n) is 6.37. The molecule has 3 rings (SSSR count). The SMILES string of the molecule is Cc1ccc(C)c(-c2nc3cc(F)ccc3o2)c1C(=O)O. The summed E-state index contributed by atoms with van der Waals surface area (Å²) in [6.07, 6.45) is 0. The minimum Gasteiger partial charge on any atom is -0.478 e. The van der Waals surface area contributed by atoms with E-state index in [4.69, 9.17) is 4.42 Å². The van der Waals surface area contributed by atoms with Gasteiger partial charge in [-0.15, -0.1) is 0 Å². The molecule has 5 heteroatoms. The van der Waals surface area contributed by atoms with E-state index < -0.39 is 11.8 Å². The molecule has 0 saturated heterocycles. The van der Waals surface area contributed by atoms with Crippen LogP contribution in [0.3, 0.4) is 0 Å². The smallest absolute Gasteiger partial charge is 0.336 e. The fourth-order valence-electron chi connectivity index (χ4n) is 2.37. The van der Waals surface area contributed by atoms with Crippen LogP contribution < -0.4 is 0 Å². The average molecular weight is 285 g/mol. The fourth-order valence-corrected chi connectivity index (χ4v) is 2.37. The van der Waals surface area contributed by atoms with Crippen LogP contribution in [0.1, 0.15) is 21.5 Å². The lowest BCUT2D eigenvalue weighted by Crippen LogP contribution is -2.04. The van der Waals surface area contributed by atoms with E-state index in [1.165, 1.54) is 18.2 Å². The Bertz CT molecular complexity index is 867. The maximum atomic E-state index is 13.2. The van der Waals surface area contributed by atoms with Crippen LogP contribution in [0.5, 0.6) is 0 Å². The predicted molar refractivity (Wildman–Crippen MR) is 75.8 cm³/mol. The third-order valence-corrected chi connectivity index (χ3v) is 3.40. The Morgan fingerprint density at radius 2 is 1.90 bits per heavy atom. The molecule has 1 N–H and O–H groups in total. The molecule has 0 bridgehead atoms. The highest BCUT2D eigenvalue weighted by atomic mass is 19.1. The Morgan fingerprint density at radius 3 is 2.62 bits per heavy atom. The number of rotatable bonds is 2. The number of nitrogens with zero attached hydrogens (tertiary/aromatic N) is 1. The average Bonchev–Trinajstić information content (AvgIpc) is 2.83. The van der Waals surface area contributed by atoms with E-state index in [0.717, 1.165) is 5.56 Å². The van der Waals surface area contributed by atoms with Crippen molar-refractivity contribution in [1.29, 1.82) is 0 Å². The van der Waals surface area contributed by atoms with Gasteiger partial charge in [0, 0.05) is 6.07 Å². The number of hydrogen-bond acceptors (Lipinski definition) is 3. The van der Waals surface area contributed by atoms with Gasteiger partial charge in [0.25, 0.3) is 0 Å². The van der Waals surface area contributed by atoms with E-state index in [-0.39, 0.29) is 11.5 Å². The molecule has 0 unspecified atom stereocenters. The Labute approximate surface area is 119 Å². The summed E-state index contributed by atoms with van der Waals surface area (Å²) >= 11 is 0. The number of fused-ring (bicyclic) bond motifs is 1. The van der Waals surface area contributed by atoms with Crippen molar-refractivity contribution in [3.63, 3.8) is 0 Å². The highest BCUT2D eigenvalue weighted by molar-refractivity contribution is 5.97. The summed E-state index contributed by atoms with van der Waals surface area (Å²) in [4.78, 5) is 15.7. The topological polar surface area (TPSA) is 63.3 Å². The number of aromatic nitrogens is 1. The molecule has 2 aromatic carbocycles. The zero-order chi connectivity index (χ0) is 15.1. The highest BCUT2D eigenvalue weighted by Gasteiger charge is 2.21. The van der Waals surface area contributed by atoms with Gasteiger partial charge in [0.15, 0.2) is 5.58 Å². The van der Waals surface area contributed by atoms with E-state index in [1.54, 1.807) is 19.9 Å². The number of oxazole rings is 1. The molecule has 0 radical (unpaired) electrons. The lowest BCUT2D eigenvalue weighted by Gasteiger charge is -2.09. The molecule has 0 saturated carbocycles. The molecule has 21 heavy (non-hydrogen) atoms. The summed E-state index contributed by atoms with van der Waals surface area (Å²) in [7, 11) is 0.